The van der Waals surface area contributed by atoms with Crippen LogP contribution in [0.3, 0.4) is 0 Å². The van der Waals surface area contributed by atoms with E-state index in [-0.39, 0.29) is 0 Å². The van der Waals surface area contributed by atoms with Crippen LogP contribution in [0.2, 0.25) is 0 Å². The Labute approximate surface area is 142 Å². The molecule has 1 aliphatic carbocycles. The zero-order valence-electron chi connectivity index (χ0n) is 16.1. The van der Waals surface area contributed by atoms with E-state index in [1.807, 2.05) is 0 Å². The molecule has 1 saturated carbocycles. The van der Waals surface area contributed by atoms with Crippen molar-refractivity contribution in [1.29, 1.82) is 0 Å². The summed E-state index contributed by atoms with van der Waals surface area (Å²) in [6, 6.07) is 0. The molecule has 0 aromatic rings. The van der Waals surface area contributed by atoms with Crippen LogP contribution in [0, 0.1) is 0 Å². The topological polar surface area (TPSA) is 0 Å². The van der Waals surface area contributed by atoms with Gasteiger partial charge in [-0.25, -0.2) is 0 Å². The average Bonchev–Trinajstić information content (AvgIpc) is 2.52. The Kier molecular flexibility index (Phi) is 21.0. The number of unbranched alkanes of at least 4 members (excludes halogenated alkanes) is 7. The summed E-state index contributed by atoms with van der Waals surface area (Å²) in [5.41, 5.74) is 0. The summed E-state index contributed by atoms with van der Waals surface area (Å²) in [7, 11) is 0. The van der Waals surface area contributed by atoms with Crippen molar-refractivity contribution in [2.24, 2.45) is 0 Å². The van der Waals surface area contributed by atoms with Crippen LogP contribution < -0.4 is 0 Å². The van der Waals surface area contributed by atoms with E-state index < -0.39 is 0 Å². The first-order chi connectivity index (χ1) is 10.9. The highest BCUT2D eigenvalue weighted by atomic mass is 14.0. The van der Waals surface area contributed by atoms with E-state index >= 15 is 0 Å². The van der Waals surface area contributed by atoms with Gasteiger partial charge in [0.2, 0.25) is 0 Å². The third-order valence-corrected chi connectivity index (χ3v) is 4.96. The lowest BCUT2D eigenvalue weighted by atomic mass is 10.0. The Morgan fingerprint density at radius 2 is 0.500 bits per heavy atom. The Hall–Kier alpha value is 0. The van der Waals surface area contributed by atoms with Crippen LogP contribution in [0.25, 0.3) is 0 Å². The van der Waals surface area contributed by atoms with Gasteiger partial charge in [0, 0.05) is 0 Å². The van der Waals surface area contributed by atoms with Gasteiger partial charge in [-0.2, -0.15) is 0 Å². The third kappa shape index (κ3) is 20.0. The van der Waals surface area contributed by atoms with Crippen LogP contribution in [0.15, 0.2) is 0 Å². The van der Waals surface area contributed by atoms with Crippen molar-refractivity contribution in [2.75, 3.05) is 0 Å². The van der Waals surface area contributed by atoms with Crippen LogP contribution in [0.5, 0.6) is 0 Å². The Balaban J connectivity index is 0.000000409. The van der Waals surface area contributed by atoms with Gasteiger partial charge in [0.05, 0.1) is 0 Å². The molecule has 0 amide bonds. The van der Waals surface area contributed by atoms with E-state index in [9.17, 15) is 0 Å². The molecular weight excluding hydrogens is 264 g/mol. The highest BCUT2D eigenvalue weighted by molar-refractivity contribution is 4.51. The second-order valence-electron chi connectivity index (χ2n) is 7.36. The molecule has 0 atom stereocenters. The van der Waals surface area contributed by atoms with Crippen molar-refractivity contribution in [1.82, 2.24) is 0 Å². The lowest BCUT2D eigenvalue weighted by Gasteiger charge is -2.05. The molecule has 0 nitrogen and oxygen atoms in total. The summed E-state index contributed by atoms with van der Waals surface area (Å²) in [6.45, 7) is 4.54. The van der Waals surface area contributed by atoms with Gasteiger partial charge in [-0.3, -0.25) is 0 Å². The predicted octanol–water partition coefficient (Wildman–Crippen LogP) is 8.83. The van der Waals surface area contributed by atoms with Gasteiger partial charge < -0.3 is 0 Å². The van der Waals surface area contributed by atoms with Crippen molar-refractivity contribution in [3.63, 3.8) is 0 Å². The normalized spacial score (nSPS) is 17.7. The Bertz CT molecular complexity index is 122. The van der Waals surface area contributed by atoms with E-state index in [1.165, 1.54) is 128 Å². The summed E-state index contributed by atoms with van der Waals surface area (Å²) < 4.78 is 0. The maximum atomic E-state index is 2.27. The van der Waals surface area contributed by atoms with Crippen LogP contribution in [0.4, 0.5) is 0 Å². The van der Waals surface area contributed by atoms with Crippen LogP contribution in [0.1, 0.15) is 142 Å². The quantitative estimate of drug-likeness (QED) is 0.412. The Morgan fingerprint density at radius 1 is 0.318 bits per heavy atom. The van der Waals surface area contributed by atoms with Crippen molar-refractivity contribution in [3.05, 3.63) is 0 Å². The number of hydrogen-bond donors (Lipinski definition) is 0. The summed E-state index contributed by atoms with van der Waals surface area (Å²) in [4.78, 5) is 0. The zero-order valence-corrected chi connectivity index (χ0v) is 16.1. The van der Waals surface area contributed by atoms with Crippen molar-refractivity contribution in [3.8, 4) is 0 Å². The number of rotatable bonds is 7. The smallest absolute Gasteiger partial charge is 0.0533 e. The molecule has 1 aliphatic rings. The first-order valence-corrected chi connectivity index (χ1v) is 10.9. The molecule has 0 heterocycles. The fourth-order valence-electron chi connectivity index (χ4n) is 3.33. The SMILES string of the molecule is C1CCCCCCCCCCC1.CCCCCCCCCC. The monoisotopic (exact) mass is 310 g/mol. The fourth-order valence-corrected chi connectivity index (χ4v) is 3.33. The molecule has 1 fully saturated rings. The van der Waals surface area contributed by atoms with Gasteiger partial charge in [-0.15, -0.1) is 0 Å². The minimum Gasteiger partial charge on any atom is -0.0654 e. The molecule has 22 heavy (non-hydrogen) atoms. The molecule has 0 aliphatic heterocycles. The van der Waals surface area contributed by atoms with Crippen LogP contribution in [-0.2, 0) is 0 Å². The zero-order chi connectivity index (χ0) is 16.1. The van der Waals surface area contributed by atoms with Crippen molar-refractivity contribution < 1.29 is 0 Å². The highest BCUT2D eigenvalue weighted by Crippen LogP contribution is 2.15. The van der Waals surface area contributed by atoms with Crippen LogP contribution >= 0.6 is 0 Å². The molecule has 0 aromatic carbocycles. The Morgan fingerprint density at radius 3 is 0.682 bits per heavy atom. The van der Waals surface area contributed by atoms with E-state index in [1.54, 1.807) is 0 Å². The molecular formula is C22H46. The predicted molar refractivity (Wildman–Crippen MR) is 104 cm³/mol. The minimum atomic E-state index is 1.37. The van der Waals surface area contributed by atoms with Crippen molar-refractivity contribution in [2.45, 2.75) is 142 Å². The summed E-state index contributed by atoms with van der Waals surface area (Å²) >= 11 is 0. The first kappa shape index (κ1) is 22.0. The molecule has 0 radical (unpaired) electrons. The van der Waals surface area contributed by atoms with Gasteiger partial charge in [-0.1, -0.05) is 142 Å². The third-order valence-electron chi connectivity index (χ3n) is 4.96. The first-order valence-electron chi connectivity index (χ1n) is 10.9. The summed E-state index contributed by atoms with van der Waals surface area (Å²) in [6.07, 6.45) is 29.5. The van der Waals surface area contributed by atoms with Gasteiger partial charge >= 0.3 is 0 Å². The molecule has 0 unspecified atom stereocenters. The van der Waals surface area contributed by atoms with Gasteiger partial charge in [-0.05, 0) is 0 Å². The summed E-state index contributed by atoms with van der Waals surface area (Å²) in [5.74, 6) is 0. The molecule has 0 saturated heterocycles. The maximum absolute atomic E-state index is 2.27. The van der Waals surface area contributed by atoms with Gasteiger partial charge in [0.1, 0.15) is 0 Å². The van der Waals surface area contributed by atoms with Crippen molar-refractivity contribution >= 4 is 0 Å². The number of hydrogen-bond acceptors (Lipinski definition) is 0. The van der Waals surface area contributed by atoms with E-state index in [4.69, 9.17) is 0 Å². The molecule has 0 aromatic heterocycles. The van der Waals surface area contributed by atoms with E-state index in [0.717, 1.165) is 0 Å². The molecule has 134 valence electrons. The second kappa shape index (κ2) is 21.0. The molecule has 1 rings (SSSR count). The molecule has 0 spiro atoms. The largest absolute Gasteiger partial charge is 0.0654 e. The molecule has 0 bridgehead atoms. The molecule has 0 N–H and O–H groups in total. The van der Waals surface area contributed by atoms with Crippen LogP contribution in [-0.4, -0.2) is 0 Å². The summed E-state index contributed by atoms with van der Waals surface area (Å²) in [5, 5.41) is 0. The lowest BCUT2D eigenvalue weighted by Crippen LogP contribution is -1.85. The highest BCUT2D eigenvalue weighted by Gasteiger charge is 1.96. The van der Waals surface area contributed by atoms with Gasteiger partial charge in [0.15, 0.2) is 0 Å². The van der Waals surface area contributed by atoms with Gasteiger partial charge in [0.25, 0.3) is 0 Å². The molecule has 0 heteroatoms. The van der Waals surface area contributed by atoms with E-state index in [0.29, 0.717) is 0 Å². The second-order valence-corrected chi connectivity index (χ2v) is 7.36. The maximum Gasteiger partial charge on any atom is -0.0533 e. The fraction of sp³-hybridized carbons (Fsp3) is 1.00. The average molecular weight is 311 g/mol. The lowest BCUT2D eigenvalue weighted by molar-refractivity contribution is 0.504. The minimum absolute atomic E-state index is 1.37. The van der Waals surface area contributed by atoms with E-state index in [2.05, 4.69) is 13.8 Å². The standard InChI is InChI=1S/C12H24.C10H22/c1-2-4-6-8-10-12-11-9-7-5-3-1;1-3-5-7-9-10-8-6-4-2/h1-12H2;3-10H2,1-2H3.